The van der Waals surface area contributed by atoms with Gasteiger partial charge in [0.2, 0.25) is 0 Å². The summed E-state index contributed by atoms with van der Waals surface area (Å²) in [7, 11) is 0. The van der Waals surface area contributed by atoms with Crippen LogP contribution in [0.1, 0.15) is 0 Å². The average molecular weight is 247 g/mol. The lowest BCUT2D eigenvalue weighted by molar-refractivity contribution is 0.927. The molecular formula is C11H9N3S2. The Kier molecular flexibility index (Phi) is 2.41. The molecule has 0 saturated carbocycles. The van der Waals surface area contributed by atoms with Crippen LogP contribution in [-0.2, 0) is 0 Å². The van der Waals surface area contributed by atoms with Crippen LogP contribution in [0.5, 0.6) is 0 Å². The monoisotopic (exact) mass is 247 g/mol. The lowest BCUT2D eigenvalue weighted by Gasteiger charge is -2.04. The Balaban J connectivity index is 2.33. The maximum Gasteiger partial charge on any atom is 0.156 e. The summed E-state index contributed by atoms with van der Waals surface area (Å²) in [4.78, 5) is 5.71. The van der Waals surface area contributed by atoms with Gasteiger partial charge in [-0.1, -0.05) is 6.07 Å². The summed E-state index contributed by atoms with van der Waals surface area (Å²) in [5.41, 5.74) is 2.00. The van der Waals surface area contributed by atoms with Gasteiger partial charge in [0.25, 0.3) is 0 Å². The second-order valence-electron chi connectivity index (χ2n) is 3.26. The molecule has 0 radical (unpaired) electrons. The molecule has 0 aliphatic carbocycles. The van der Waals surface area contributed by atoms with Gasteiger partial charge in [-0.05, 0) is 23.8 Å². The fraction of sp³-hybridized carbons (Fsp3) is 0.0909. The highest BCUT2D eigenvalue weighted by Gasteiger charge is 2.08. The summed E-state index contributed by atoms with van der Waals surface area (Å²) in [5.74, 6) is 0. The van der Waals surface area contributed by atoms with E-state index in [1.54, 1.807) is 29.3 Å². The number of fused-ring (bicyclic) bond motifs is 1. The van der Waals surface area contributed by atoms with E-state index in [4.69, 9.17) is 0 Å². The summed E-state index contributed by atoms with van der Waals surface area (Å²) in [6, 6.07) is 8.16. The molecule has 0 spiro atoms. The van der Waals surface area contributed by atoms with Crippen LogP contribution in [-0.4, -0.2) is 20.9 Å². The number of thioether (sulfide) groups is 1. The maximum absolute atomic E-state index is 4.49. The number of thiophene rings is 1. The number of aromatic nitrogens is 3. The molecule has 0 N–H and O–H groups in total. The van der Waals surface area contributed by atoms with E-state index in [0.717, 1.165) is 16.4 Å². The second-order valence-corrected chi connectivity index (χ2v) is 5.04. The molecule has 0 fully saturated rings. The maximum atomic E-state index is 4.49. The Hall–Kier alpha value is -1.33. The van der Waals surface area contributed by atoms with E-state index < -0.39 is 0 Å². The molecule has 3 aromatic heterocycles. The quantitative estimate of drug-likeness (QED) is 0.514. The molecule has 5 heteroatoms. The first-order valence-electron chi connectivity index (χ1n) is 4.81. The first-order valence-corrected chi connectivity index (χ1v) is 6.91. The van der Waals surface area contributed by atoms with Crippen LogP contribution >= 0.6 is 23.1 Å². The summed E-state index contributed by atoms with van der Waals surface area (Å²) < 4.78 is 1.88. The highest BCUT2D eigenvalue weighted by Crippen LogP contribution is 2.27. The molecule has 0 saturated heterocycles. The third kappa shape index (κ3) is 1.52. The minimum absolute atomic E-state index is 0.898. The molecule has 3 rings (SSSR count). The number of hydrogen-bond donors (Lipinski definition) is 0. The molecule has 3 heterocycles. The minimum atomic E-state index is 0.898. The SMILES string of the molecule is CSc1cc(-c2cccs2)n2nccc2n1. The highest BCUT2D eigenvalue weighted by atomic mass is 32.2. The van der Waals surface area contributed by atoms with Crippen molar-refractivity contribution >= 4 is 28.7 Å². The van der Waals surface area contributed by atoms with Gasteiger partial charge in [0.1, 0.15) is 5.03 Å². The van der Waals surface area contributed by atoms with Gasteiger partial charge in [-0.15, -0.1) is 23.1 Å². The van der Waals surface area contributed by atoms with Crippen molar-refractivity contribution in [3.05, 3.63) is 35.8 Å². The lowest BCUT2D eigenvalue weighted by Crippen LogP contribution is -1.95. The average Bonchev–Trinajstić information content (AvgIpc) is 2.98. The topological polar surface area (TPSA) is 30.2 Å². The largest absolute Gasteiger partial charge is 0.222 e. The molecule has 0 aromatic carbocycles. The molecule has 0 atom stereocenters. The van der Waals surface area contributed by atoms with Crippen molar-refractivity contribution in [3.63, 3.8) is 0 Å². The van der Waals surface area contributed by atoms with Gasteiger partial charge in [0, 0.05) is 6.07 Å². The van der Waals surface area contributed by atoms with Gasteiger partial charge in [-0.25, -0.2) is 9.50 Å². The number of rotatable bonds is 2. The van der Waals surface area contributed by atoms with Crippen LogP contribution in [0.2, 0.25) is 0 Å². The molecule has 16 heavy (non-hydrogen) atoms. The third-order valence-electron chi connectivity index (χ3n) is 2.32. The van der Waals surface area contributed by atoms with Crippen LogP contribution in [0.25, 0.3) is 16.2 Å². The van der Waals surface area contributed by atoms with Crippen LogP contribution in [0, 0.1) is 0 Å². The summed E-state index contributed by atoms with van der Waals surface area (Å²) in [6.07, 6.45) is 3.82. The van der Waals surface area contributed by atoms with Crippen molar-refractivity contribution in [2.45, 2.75) is 5.03 Å². The summed E-state index contributed by atoms with van der Waals surface area (Å²) in [6.45, 7) is 0. The first kappa shape index (κ1) is 9.86. The molecule has 0 aliphatic heterocycles. The van der Waals surface area contributed by atoms with Crippen LogP contribution < -0.4 is 0 Å². The Morgan fingerprint density at radius 1 is 1.38 bits per heavy atom. The lowest BCUT2D eigenvalue weighted by atomic mass is 10.3. The Labute approximate surface area is 101 Å². The number of nitrogens with zero attached hydrogens (tertiary/aromatic N) is 3. The van der Waals surface area contributed by atoms with E-state index >= 15 is 0 Å². The second kappa shape index (κ2) is 3.92. The van der Waals surface area contributed by atoms with E-state index in [2.05, 4.69) is 33.7 Å². The fourth-order valence-electron chi connectivity index (χ4n) is 1.59. The standard InChI is InChI=1S/C11H9N3S2/c1-15-11-7-8(9-3-2-6-16-9)14-10(13-11)4-5-12-14/h2-7H,1H3. The Bertz CT molecular complexity index is 613. The third-order valence-corrected chi connectivity index (χ3v) is 3.84. The van der Waals surface area contributed by atoms with E-state index in [-0.39, 0.29) is 0 Å². The molecule has 0 unspecified atom stereocenters. The summed E-state index contributed by atoms with van der Waals surface area (Å²) in [5, 5.41) is 7.40. The molecule has 3 aromatic rings. The van der Waals surface area contributed by atoms with Crippen molar-refractivity contribution in [2.75, 3.05) is 6.26 Å². The Morgan fingerprint density at radius 2 is 2.31 bits per heavy atom. The van der Waals surface area contributed by atoms with Crippen molar-refractivity contribution in [1.29, 1.82) is 0 Å². The molecule has 80 valence electrons. The first-order chi connectivity index (χ1) is 7.88. The van der Waals surface area contributed by atoms with Crippen LogP contribution in [0.15, 0.2) is 40.9 Å². The van der Waals surface area contributed by atoms with Crippen molar-refractivity contribution in [3.8, 4) is 10.6 Å². The molecule has 3 nitrogen and oxygen atoms in total. The summed E-state index contributed by atoms with van der Waals surface area (Å²) >= 11 is 3.37. The fourth-order valence-corrected chi connectivity index (χ4v) is 2.74. The highest BCUT2D eigenvalue weighted by molar-refractivity contribution is 7.98. The predicted molar refractivity (Wildman–Crippen MR) is 68.1 cm³/mol. The van der Waals surface area contributed by atoms with Gasteiger partial charge in [0.15, 0.2) is 5.65 Å². The van der Waals surface area contributed by atoms with Crippen molar-refractivity contribution in [1.82, 2.24) is 14.6 Å². The van der Waals surface area contributed by atoms with Gasteiger partial charge >= 0.3 is 0 Å². The molecular weight excluding hydrogens is 238 g/mol. The van der Waals surface area contributed by atoms with Crippen molar-refractivity contribution in [2.24, 2.45) is 0 Å². The predicted octanol–water partition coefficient (Wildman–Crippen LogP) is 3.18. The number of hydrogen-bond acceptors (Lipinski definition) is 4. The van der Waals surface area contributed by atoms with E-state index in [1.807, 2.05) is 16.8 Å². The molecule has 0 amide bonds. The van der Waals surface area contributed by atoms with Gasteiger partial charge < -0.3 is 0 Å². The van der Waals surface area contributed by atoms with Gasteiger partial charge in [-0.3, -0.25) is 0 Å². The Morgan fingerprint density at radius 3 is 3.06 bits per heavy atom. The van der Waals surface area contributed by atoms with Crippen LogP contribution in [0.4, 0.5) is 0 Å². The zero-order chi connectivity index (χ0) is 11.0. The minimum Gasteiger partial charge on any atom is -0.222 e. The molecule has 0 bridgehead atoms. The van der Waals surface area contributed by atoms with E-state index in [1.165, 1.54) is 4.88 Å². The normalized spacial score (nSPS) is 11.1. The van der Waals surface area contributed by atoms with Crippen LogP contribution in [0.3, 0.4) is 0 Å². The zero-order valence-electron chi connectivity index (χ0n) is 8.62. The van der Waals surface area contributed by atoms with E-state index in [0.29, 0.717) is 0 Å². The van der Waals surface area contributed by atoms with Crippen molar-refractivity contribution < 1.29 is 0 Å². The van der Waals surface area contributed by atoms with E-state index in [9.17, 15) is 0 Å². The van der Waals surface area contributed by atoms with Gasteiger partial charge in [0.05, 0.1) is 16.8 Å². The zero-order valence-corrected chi connectivity index (χ0v) is 10.3. The molecule has 0 aliphatic rings. The van der Waals surface area contributed by atoms with Gasteiger partial charge in [-0.2, -0.15) is 5.10 Å². The smallest absolute Gasteiger partial charge is 0.156 e.